The Morgan fingerprint density at radius 2 is 1.84 bits per heavy atom. The van der Waals surface area contributed by atoms with Crippen LogP contribution in [0.15, 0.2) is 5.38 Å². The molecule has 3 rings (SSSR count). The van der Waals surface area contributed by atoms with Gasteiger partial charge in [-0.3, -0.25) is 28.6 Å². The Hall–Kier alpha value is -3.31. The lowest BCUT2D eigenvalue weighted by atomic mass is 10.1. The standard InChI is InChI=1S/C21H31N7O8S2/c1-2-3-4-5-6-7-8-26-9-10-27(19(32)18(26)31)21(33)25-15(14-12-37-20(22)24-14)16(29)23-13-11-28(17(13)30)38(34,35)36/h12-13,15H,2-11H2,1H3,(H2,22,24)(H,23,29)(H,25,33)(H,34,35,36). The second kappa shape index (κ2) is 12.5. The smallest absolute Gasteiger partial charge is 0.362 e. The van der Waals surface area contributed by atoms with Gasteiger partial charge in [-0.25, -0.2) is 14.1 Å². The Kier molecular flexibility index (Phi) is 9.61. The van der Waals surface area contributed by atoms with Crippen molar-refractivity contribution in [3.05, 3.63) is 11.1 Å². The van der Waals surface area contributed by atoms with E-state index in [0.717, 1.165) is 49.9 Å². The van der Waals surface area contributed by atoms with Gasteiger partial charge in [-0.1, -0.05) is 39.0 Å². The normalized spacial score (nSPS) is 18.8. The number of hydrogen-bond donors (Lipinski definition) is 4. The van der Waals surface area contributed by atoms with Crippen LogP contribution in [-0.2, 0) is 29.5 Å². The van der Waals surface area contributed by atoms with Gasteiger partial charge < -0.3 is 21.3 Å². The predicted molar refractivity (Wildman–Crippen MR) is 135 cm³/mol. The fourth-order valence-electron chi connectivity index (χ4n) is 4.04. The summed E-state index contributed by atoms with van der Waals surface area (Å²) in [5.41, 5.74) is 5.65. The van der Waals surface area contributed by atoms with Crippen molar-refractivity contribution >= 4 is 56.4 Å². The average molecular weight is 574 g/mol. The number of nitrogens with one attached hydrogen (secondary N) is 2. The average Bonchev–Trinajstić information content (AvgIpc) is 3.29. The number of nitrogens with zero attached hydrogens (tertiary/aromatic N) is 4. The maximum atomic E-state index is 12.9. The molecule has 0 aliphatic carbocycles. The summed E-state index contributed by atoms with van der Waals surface area (Å²) in [5, 5.41) is 6.09. The summed E-state index contributed by atoms with van der Waals surface area (Å²) in [7, 11) is -4.76. The number of unbranched alkanes of at least 4 members (excludes halogenated alkanes) is 5. The lowest BCUT2D eigenvalue weighted by molar-refractivity contribution is -0.153. The van der Waals surface area contributed by atoms with Crippen molar-refractivity contribution in [2.24, 2.45) is 0 Å². The first-order chi connectivity index (χ1) is 17.9. The van der Waals surface area contributed by atoms with Crippen LogP contribution in [0.2, 0.25) is 0 Å². The van der Waals surface area contributed by atoms with E-state index in [1.807, 2.05) is 0 Å². The molecular formula is C21H31N7O8S2. The Labute approximate surface area is 223 Å². The molecule has 0 bridgehead atoms. The van der Waals surface area contributed by atoms with E-state index in [-0.39, 0.29) is 28.2 Å². The van der Waals surface area contributed by atoms with Crippen molar-refractivity contribution < 1.29 is 36.9 Å². The molecular weight excluding hydrogens is 542 g/mol. The van der Waals surface area contributed by atoms with Crippen molar-refractivity contribution in [2.75, 3.05) is 31.9 Å². The number of carbonyl (C=O) groups is 5. The maximum Gasteiger partial charge on any atom is 0.362 e. The van der Waals surface area contributed by atoms with E-state index in [1.54, 1.807) is 0 Å². The van der Waals surface area contributed by atoms with Crippen molar-refractivity contribution in [1.29, 1.82) is 0 Å². The predicted octanol–water partition coefficient (Wildman–Crippen LogP) is -0.363. The van der Waals surface area contributed by atoms with E-state index >= 15 is 0 Å². The number of urea groups is 1. The topological polar surface area (TPSA) is 212 Å². The van der Waals surface area contributed by atoms with Gasteiger partial charge in [-0.05, 0) is 6.42 Å². The summed E-state index contributed by atoms with van der Waals surface area (Å²) < 4.78 is 31.4. The molecule has 5 N–H and O–H groups in total. The van der Waals surface area contributed by atoms with Gasteiger partial charge in [-0.2, -0.15) is 8.42 Å². The van der Waals surface area contributed by atoms with Crippen LogP contribution in [0.4, 0.5) is 9.93 Å². The van der Waals surface area contributed by atoms with Crippen LogP contribution in [0.5, 0.6) is 0 Å². The second-order valence-electron chi connectivity index (χ2n) is 8.92. The highest BCUT2D eigenvalue weighted by Crippen LogP contribution is 2.21. The van der Waals surface area contributed by atoms with Gasteiger partial charge in [-0.15, -0.1) is 11.3 Å². The molecule has 38 heavy (non-hydrogen) atoms. The van der Waals surface area contributed by atoms with Crippen LogP contribution in [0.3, 0.4) is 0 Å². The van der Waals surface area contributed by atoms with E-state index in [0.29, 0.717) is 11.4 Å². The fourth-order valence-corrected chi connectivity index (χ4v) is 5.32. The minimum absolute atomic E-state index is 0.0113. The number of aromatic nitrogens is 1. The highest BCUT2D eigenvalue weighted by atomic mass is 32.2. The lowest BCUT2D eigenvalue weighted by Crippen LogP contribution is -2.66. The summed E-state index contributed by atoms with van der Waals surface area (Å²) >= 11 is 0.977. The quantitative estimate of drug-likeness (QED) is 0.110. The molecule has 0 spiro atoms. The highest BCUT2D eigenvalue weighted by molar-refractivity contribution is 7.84. The Balaban J connectivity index is 1.60. The number of hydrogen-bond acceptors (Lipinski definition) is 10. The van der Waals surface area contributed by atoms with E-state index < -0.39 is 58.6 Å². The summed E-state index contributed by atoms with van der Waals surface area (Å²) in [5.74, 6) is -3.85. The molecule has 2 aliphatic rings. The molecule has 2 saturated heterocycles. The molecule has 15 nitrogen and oxygen atoms in total. The van der Waals surface area contributed by atoms with Crippen molar-refractivity contribution in [1.82, 2.24) is 29.7 Å². The first-order valence-electron chi connectivity index (χ1n) is 12.2. The highest BCUT2D eigenvalue weighted by Gasteiger charge is 2.46. The number of nitrogen functional groups attached to an aromatic ring is 1. The lowest BCUT2D eigenvalue weighted by Gasteiger charge is -2.36. The van der Waals surface area contributed by atoms with Gasteiger partial charge >= 0.3 is 28.1 Å². The Bertz CT molecular complexity index is 1190. The van der Waals surface area contributed by atoms with E-state index in [9.17, 15) is 32.4 Å². The summed E-state index contributed by atoms with van der Waals surface area (Å²) in [6.45, 7) is 2.10. The van der Waals surface area contributed by atoms with Crippen LogP contribution in [0.25, 0.3) is 0 Å². The zero-order valence-electron chi connectivity index (χ0n) is 20.8. The third kappa shape index (κ3) is 6.96. The molecule has 0 radical (unpaired) electrons. The summed E-state index contributed by atoms with van der Waals surface area (Å²) in [6, 6.07) is -3.80. The summed E-state index contributed by atoms with van der Waals surface area (Å²) in [4.78, 5) is 69.1. The van der Waals surface area contributed by atoms with Crippen LogP contribution >= 0.6 is 11.3 Å². The number of nitrogens with two attached hydrogens (primary N) is 1. The van der Waals surface area contributed by atoms with Gasteiger partial charge in [0, 0.05) is 25.0 Å². The fraction of sp³-hybridized carbons (Fsp3) is 0.619. The van der Waals surface area contributed by atoms with Gasteiger partial charge in [0.05, 0.1) is 12.2 Å². The maximum absolute atomic E-state index is 12.9. The molecule has 3 heterocycles. The van der Waals surface area contributed by atoms with Gasteiger partial charge in [0.15, 0.2) is 11.2 Å². The van der Waals surface area contributed by atoms with Crippen LogP contribution < -0.4 is 16.4 Å². The van der Waals surface area contributed by atoms with E-state index in [2.05, 4.69) is 22.5 Å². The SMILES string of the molecule is CCCCCCCCN1CCN(C(=O)NC(C(=O)NC2CN(S(=O)(=O)O)C2=O)c2csc(N)n2)C(=O)C1=O. The van der Waals surface area contributed by atoms with Gasteiger partial charge in [0.25, 0.3) is 5.91 Å². The molecule has 2 aliphatic heterocycles. The zero-order valence-corrected chi connectivity index (χ0v) is 22.4. The number of β-lactam (4-membered cyclic amide) rings is 1. The Morgan fingerprint density at radius 3 is 2.45 bits per heavy atom. The van der Waals surface area contributed by atoms with Crippen molar-refractivity contribution in [3.63, 3.8) is 0 Å². The van der Waals surface area contributed by atoms with Gasteiger partial charge in [0.2, 0.25) is 5.91 Å². The van der Waals surface area contributed by atoms with Crippen LogP contribution in [-0.4, -0.2) is 93.9 Å². The third-order valence-electron chi connectivity index (χ3n) is 6.19. The molecule has 210 valence electrons. The minimum Gasteiger partial charge on any atom is -0.375 e. The first kappa shape index (κ1) is 29.2. The number of carbonyl (C=O) groups excluding carboxylic acids is 5. The van der Waals surface area contributed by atoms with Gasteiger partial charge in [0.1, 0.15) is 6.04 Å². The van der Waals surface area contributed by atoms with E-state index in [4.69, 9.17) is 10.3 Å². The minimum atomic E-state index is -4.76. The molecule has 2 unspecified atom stereocenters. The number of amides is 6. The molecule has 1 aromatic heterocycles. The van der Waals surface area contributed by atoms with Crippen molar-refractivity contribution in [3.8, 4) is 0 Å². The number of piperazine rings is 1. The van der Waals surface area contributed by atoms with Crippen LogP contribution in [0.1, 0.15) is 57.2 Å². The molecule has 17 heteroatoms. The zero-order chi connectivity index (χ0) is 28.0. The first-order valence-corrected chi connectivity index (χ1v) is 14.4. The third-order valence-corrected chi connectivity index (χ3v) is 7.77. The van der Waals surface area contributed by atoms with E-state index in [1.165, 1.54) is 10.3 Å². The summed E-state index contributed by atoms with van der Waals surface area (Å²) in [6.07, 6.45) is 6.12. The largest absolute Gasteiger partial charge is 0.375 e. The number of imide groups is 1. The molecule has 2 atom stereocenters. The molecule has 1 aromatic rings. The monoisotopic (exact) mass is 573 g/mol. The number of rotatable bonds is 12. The van der Waals surface area contributed by atoms with Crippen molar-refractivity contribution in [2.45, 2.75) is 57.5 Å². The Morgan fingerprint density at radius 1 is 1.16 bits per heavy atom. The number of anilines is 1. The number of thiazole rings is 1. The molecule has 6 amide bonds. The second-order valence-corrected chi connectivity index (χ2v) is 11.1. The molecule has 2 fully saturated rings. The molecule has 0 aromatic carbocycles. The molecule has 0 saturated carbocycles. The van der Waals surface area contributed by atoms with Crippen LogP contribution in [0, 0.1) is 0 Å².